The summed E-state index contributed by atoms with van der Waals surface area (Å²) in [6.45, 7) is 6.81. The highest BCUT2D eigenvalue weighted by molar-refractivity contribution is 5.85. The number of carboxylic acid groups (broad SMARTS) is 1. The second-order valence-corrected chi connectivity index (χ2v) is 8.34. The molecule has 5 atom stereocenters. The van der Waals surface area contributed by atoms with Gasteiger partial charge in [0.05, 0.1) is 11.8 Å². The molecule has 118 valence electrons. The Morgan fingerprint density at radius 2 is 1.76 bits per heavy atom. The predicted molar refractivity (Wildman–Crippen MR) is 79.6 cm³/mol. The Balaban J connectivity index is 1.74. The molecule has 3 rings (SSSR count). The van der Waals surface area contributed by atoms with Crippen molar-refractivity contribution < 1.29 is 14.7 Å². The van der Waals surface area contributed by atoms with Crippen LogP contribution in [0.1, 0.15) is 59.3 Å². The van der Waals surface area contributed by atoms with Gasteiger partial charge in [-0.25, -0.2) is 0 Å². The second-order valence-electron chi connectivity index (χ2n) is 8.34. The van der Waals surface area contributed by atoms with E-state index >= 15 is 0 Å². The lowest BCUT2D eigenvalue weighted by molar-refractivity contribution is -0.146. The zero-order valence-electron chi connectivity index (χ0n) is 13.3. The monoisotopic (exact) mass is 293 g/mol. The van der Waals surface area contributed by atoms with Crippen molar-refractivity contribution >= 4 is 11.9 Å². The molecule has 3 fully saturated rings. The van der Waals surface area contributed by atoms with Crippen LogP contribution in [0.15, 0.2) is 0 Å². The predicted octanol–water partition coefficient (Wildman–Crippen LogP) is 2.82. The van der Waals surface area contributed by atoms with E-state index in [1.165, 1.54) is 19.3 Å². The van der Waals surface area contributed by atoms with Crippen LogP contribution < -0.4 is 5.32 Å². The molecule has 3 aliphatic carbocycles. The van der Waals surface area contributed by atoms with Gasteiger partial charge in [-0.15, -0.1) is 0 Å². The number of aliphatic carboxylic acids is 1. The van der Waals surface area contributed by atoms with Crippen molar-refractivity contribution in [2.45, 2.75) is 65.3 Å². The lowest BCUT2D eigenvalue weighted by Crippen LogP contribution is -2.54. The van der Waals surface area contributed by atoms with Gasteiger partial charge < -0.3 is 10.4 Å². The van der Waals surface area contributed by atoms with Crippen molar-refractivity contribution in [3.63, 3.8) is 0 Å². The first-order valence-corrected chi connectivity index (χ1v) is 8.29. The molecule has 3 unspecified atom stereocenters. The molecule has 3 saturated carbocycles. The highest BCUT2D eigenvalue weighted by Crippen LogP contribution is 2.62. The fourth-order valence-electron chi connectivity index (χ4n) is 5.48. The summed E-state index contributed by atoms with van der Waals surface area (Å²) in [7, 11) is 0. The third-order valence-corrected chi connectivity index (χ3v) is 6.73. The maximum atomic E-state index is 12.6. The second kappa shape index (κ2) is 4.72. The zero-order valence-corrected chi connectivity index (χ0v) is 13.3. The van der Waals surface area contributed by atoms with Crippen LogP contribution in [0.5, 0.6) is 0 Å². The third kappa shape index (κ3) is 2.18. The topological polar surface area (TPSA) is 66.4 Å². The molecule has 0 aromatic rings. The molecule has 0 aromatic heterocycles. The summed E-state index contributed by atoms with van der Waals surface area (Å²) in [5.41, 5.74) is 0.321. The van der Waals surface area contributed by atoms with Crippen molar-refractivity contribution in [2.75, 3.05) is 0 Å². The normalized spacial score (nSPS) is 44.0. The van der Waals surface area contributed by atoms with Gasteiger partial charge in [-0.3, -0.25) is 9.59 Å². The number of fused-ring (bicyclic) bond motifs is 2. The zero-order chi connectivity index (χ0) is 15.4. The highest BCUT2D eigenvalue weighted by Gasteiger charge is 2.60. The first-order chi connectivity index (χ1) is 9.75. The average Bonchev–Trinajstić information content (AvgIpc) is 3.04. The molecule has 4 heteroatoms. The van der Waals surface area contributed by atoms with Crippen molar-refractivity contribution in [1.29, 1.82) is 0 Å². The molecule has 2 bridgehead atoms. The van der Waals surface area contributed by atoms with Gasteiger partial charge in [0.2, 0.25) is 5.91 Å². The number of rotatable bonds is 3. The molecule has 0 aliphatic heterocycles. The molecule has 0 aromatic carbocycles. The van der Waals surface area contributed by atoms with Gasteiger partial charge in [0.1, 0.15) is 0 Å². The lowest BCUT2D eigenvalue weighted by atomic mass is 9.68. The Morgan fingerprint density at radius 3 is 2.33 bits per heavy atom. The van der Waals surface area contributed by atoms with Crippen molar-refractivity contribution in [1.82, 2.24) is 5.32 Å². The van der Waals surface area contributed by atoms with Crippen LogP contribution in [0.4, 0.5) is 0 Å². The lowest BCUT2D eigenvalue weighted by Gasteiger charge is -2.43. The fraction of sp³-hybridized carbons (Fsp3) is 0.882. The first kappa shape index (κ1) is 14.9. The van der Waals surface area contributed by atoms with Crippen LogP contribution in [0, 0.1) is 28.6 Å². The van der Waals surface area contributed by atoms with Crippen molar-refractivity contribution in [3.05, 3.63) is 0 Å². The smallest absolute Gasteiger partial charge is 0.307 e. The minimum atomic E-state index is -0.814. The van der Waals surface area contributed by atoms with Gasteiger partial charge in [0, 0.05) is 6.04 Å². The average molecular weight is 293 g/mol. The van der Waals surface area contributed by atoms with E-state index in [9.17, 15) is 14.7 Å². The summed E-state index contributed by atoms with van der Waals surface area (Å²) < 4.78 is 0. The summed E-state index contributed by atoms with van der Waals surface area (Å²) in [5, 5.41) is 12.5. The molecule has 0 spiro atoms. The quantitative estimate of drug-likeness (QED) is 0.841. The number of nitrogens with one attached hydrogen (secondary N) is 1. The standard InChI is InChI=1S/C17H27NO3/c1-16(2)10-7-8-17(3,9-10)15(16)18-13(19)11-5-4-6-12(11)14(20)21/h10-12,15H,4-9H2,1-3H3,(H,18,19)(H,20,21)/t10?,11-,12+,15?,17?/m1/s1. The molecule has 0 heterocycles. The first-order valence-electron chi connectivity index (χ1n) is 8.29. The number of hydrogen-bond donors (Lipinski definition) is 2. The summed E-state index contributed by atoms with van der Waals surface area (Å²) in [5.74, 6) is -0.968. The molecule has 0 radical (unpaired) electrons. The van der Waals surface area contributed by atoms with Crippen LogP contribution in [0.3, 0.4) is 0 Å². The van der Waals surface area contributed by atoms with E-state index in [-0.39, 0.29) is 28.7 Å². The van der Waals surface area contributed by atoms with Gasteiger partial charge in [-0.05, 0) is 48.9 Å². The van der Waals surface area contributed by atoms with E-state index in [1.807, 2.05) is 0 Å². The van der Waals surface area contributed by atoms with E-state index in [0.717, 1.165) is 12.8 Å². The Kier molecular flexibility index (Phi) is 3.34. The van der Waals surface area contributed by atoms with Crippen LogP contribution in [0.2, 0.25) is 0 Å². The number of amides is 1. The highest BCUT2D eigenvalue weighted by atomic mass is 16.4. The maximum absolute atomic E-state index is 12.6. The largest absolute Gasteiger partial charge is 0.481 e. The molecular weight excluding hydrogens is 266 g/mol. The Morgan fingerprint density at radius 1 is 1.10 bits per heavy atom. The van der Waals surface area contributed by atoms with Crippen LogP contribution in [-0.4, -0.2) is 23.0 Å². The molecule has 2 N–H and O–H groups in total. The molecule has 3 aliphatic rings. The van der Waals surface area contributed by atoms with E-state index in [2.05, 4.69) is 26.1 Å². The van der Waals surface area contributed by atoms with Gasteiger partial charge >= 0.3 is 5.97 Å². The van der Waals surface area contributed by atoms with Crippen LogP contribution >= 0.6 is 0 Å². The number of carboxylic acids is 1. The minimum Gasteiger partial charge on any atom is -0.481 e. The number of hydrogen-bond acceptors (Lipinski definition) is 2. The van der Waals surface area contributed by atoms with Crippen LogP contribution in [-0.2, 0) is 9.59 Å². The summed E-state index contributed by atoms with van der Waals surface area (Å²) in [4.78, 5) is 23.9. The number of carbonyl (C=O) groups excluding carboxylic acids is 1. The summed E-state index contributed by atoms with van der Waals surface area (Å²) in [6.07, 6.45) is 5.84. The van der Waals surface area contributed by atoms with Gasteiger partial charge in [-0.1, -0.05) is 27.2 Å². The van der Waals surface area contributed by atoms with E-state index < -0.39 is 11.9 Å². The van der Waals surface area contributed by atoms with Crippen LogP contribution in [0.25, 0.3) is 0 Å². The van der Waals surface area contributed by atoms with Gasteiger partial charge in [0.15, 0.2) is 0 Å². The summed E-state index contributed by atoms with van der Waals surface area (Å²) >= 11 is 0. The van der Waals surface area contributed by atoms with Crippen molar-refractivity contribution in [2.24, 2.45) is 28.6 Å². The summed E-state index contributed by atoms with van der Waals surface area (Å²) in [6, 6.07) is 0.186. The Hall–Kier alpha value is -1.06. The third-order valence-electron chi connectivity index (χ3n) is 6.73. The van der Waals surface area contributed by atoms with E-state index in [1.54, 1.807) is 0 Å². The SMILES string of the molecule is CC12CCC(C1)C(C)(C)C2NC(=O)[C@@H]1CCC[C@@H]1C(=O)O. The van der Waals surface area contributed by atoms with E-state index in [4.69, 9.17) is 0 Å². The Labute approximate surface area is 126 Å². The molecule has 21 heavy (non-hydrogen) atoms. The van der Waals surface area contributed by atoms with Gasteiger partial charge in [0.25, 0.3) is 0 Å². The fourth-order valence-corrected chi connectivity index (χ4v) is 5.48. The molecule has 1 amide bonds. The molecular formula is C17H27NO3. The van der Waals surface area contributed by atoms with Gasteiger partial charge in [-0.2, -0.15) is 0 Å². The molecule has 0 saturated heterocycles. The molecule has 4 nitrogen and oxygen atoms in total. The van der Waals surface area contributed by atoms with Crippen molar-refractivity contribution in [3.8, 4) is 0 Å². The number of carbonyl (C=O) groups is 2. The van der Waals surface area contributed by atoms with E-state index in [0.29, 0.717) is 12.3 Å². The Bertz CT molecular complexity index is 468. The minimum absolute atomic E-state index is 0.0215. The maximum Gasteiger partial charge on any atom is 0.307 e.